The van der Waals surface area contributed by atoms with Gasteiger partial charge in [-0.15, -0.1) is 0 Å². The first kappa shape index (κ1) is 22.5. The Morgan fingerprint density at radius 3 is 2.69 bits per heavy atom. The molecular formula is C27H29N7O2. The molecule has 0 saturated heterocycles. The number of imidazole rings is 1. The van der Waals surface area contributed by atoms with Gasteiger partial charge in [-0.05, 0) is 43.4 Å². The van der Waals surface area contributed by atoms with Crippen LogP contribution in [0.2, 0.25) is 0 Å². The van der Waals surface area contributed by atoms with Crippen LogP contribution in [-0.2, 0) is 16.6 Å². The third-order valence-electron chi connectivity index (χ3n) is 7.75. The summed E-state index contributed by atoms with van der Waals surface area (Å²) in [7, 11) is 0. The van der Waals surface area contributed by atoms with Crippen LogP contribution in [0.1, 0.15) is 62.3 Å². The van der Waals surface area contributed by atoms with Crippen molar-refractivity contribution in [2.75, 3.05) is 11.1 Å². The average Bonchev–Trinajstić information content (AvgIpc) is 3.46. The Morgan fingerprint density at radius 1 is 1.14 bits per heavy atom. The van der Waals surface area contributed by atoms with Crippen molar-refractivity contribution in [3.05, 3.63) is 59.7 Å². The first-order chi connectivity index (χ1) is 17.4. The van der Waals surface area contributed by atoms with Gasteiger partial charge in [0.15, 0.2) is 11.5 Å². The number of hydrogen-bond donors (Lipinski definition) is 3. The van der Waals surface area contributed by atoms with Crippen LogP contribution >= 0.6 is 0 Å². The zero-order chi connectivity index (χ0) is 24.9. The predicted molar refractivity (Wildman–Crippen MR) is 137 cm³/mol. The highest BCUT2D eigenvalue weighted by atomic mass is 16.3. The SMILES string of the molecule is C[C@]1(c2ccc(O)cc2)C(=O)Nc2nc(-c3cn4ccnc4c(CCC4CCCCC4)n3)nc(N)c21. The lowest BCUT2D eigenvalue weighted by Gasteiger charge is -2.23. The Kier molecular flexibility index (Phi) is 5.35. The maximum atomic E-state index is 13.1. The number of anilines is 2. The highest BCUT2D eigenvalue weighted by Crippen LogP contribution is 2.45. The number of aryl methyl sites for hydroxylation is 1. The molecule has 2 aliphatic rings. The second-order valence-corrected chi connectivity index (χ2v) is 10.1. The number of benzene rings is 1. The largest absolute Gasteiger partial charge is 0.508 e. The molecule has 0 radical (unpaired) electrons. The van der Waals surface area contributed by atoms with E-state index in [-0.39, 0.29) is 17.5 Å². The fourth-order valence-corrected chi connectivity index (χ4v) is 5.68. The molecule has 1 amide bonds. The molecule has 4 heterocycles. The fourth-order valence-electron chi connectivity index (χ4n) is 5.68. The van der Waals surface area contributed by atoms with Crippen LogP contribution in [0.5, 0.6) is 5.75 Å². The highest BCUT2D eigenvalue weighted by Gasteiger charge is 2.47. The zero-order valence-electron chi connectivity index (χ0n) is 20.2. The minimum atomic E-state index is -1.07. The minimum Gasteiger partial charge on any atom is -0.508 e. The van der Waals surface area contributed by atoms with Crippen molar-refractivity contribution in [3.63, 3.8) is 0 Å². The first-order valence-electron chi connectivity index (χ1n) is 12.6. The van der Waals surface area contributed by atoms with Crippen molar-refractivity contribution in [2.24, 2.45) is 5.92 Å². The summed E-state index contributed by atoms with van der Waals surface area (Å²) in [6, 6.07) is 6.53. The van der Waals surface area contributed by atoms with Crippen LogP contribution in [0.25, 0.3) is 17.2 Å². The summed E-state index contributed by atoms with van der Waals surface area (Å²) in [5.41, 5.74) is 8.97. The molecule has 1 saturated carbocycles. The van der Waals surface area contributed by atoms with Gasteiger partial charge >= 0.3 is 0 Å². The van der Waals surface area contributed by atoms with Gasteiger partial charge in [-0.25, -0.2) is 19.9 Å². The summed E-state index contributed by atoms with van der Waals surface area (Å²) in [6.07, 6.45) is 14.0. The lowest BCUT2D eigenvalue weighted by Crippen LogP contribution is -2.32. The minimum absolute atomic E-state index is 0.126. The van der Waals surface area contributed by atoms with Crippen molar-refractivity contribution < 1.29 is 9.90 Å². The van der Waals surface area contributed by atoms with Crippen LogP contribution < -0.4 is 11.1 Å². The molecule has 1 aliphatic carbocycles. The third kappa shape index (κ3) is 3.66. The van der Waals surface area contributed by atoms with Gasteiger partial charge in [-0.2, -0.15) is 0 Å². The molecule has 0 spiro atoms. The van der Waals surface area contributed by atoms with Gasteiger partial charge in [0.1, 0.15) is 28.5 Å². The second-order valence-electron chi connectivity index (χ2n) is 10.1. The second kappa shape index (κ2) is 8.58. The number of rotatable bonds is 5. The first-order valence-corrected chi connectivity index (χ1v) is 12.6. The number of aromatic hydroxyl groups is 1. The number of phenols is 1. The van der Waals surface area contributed by atoms with E-state index in [9.17, 15) is 9.90 Å². The van der Waals surface area contributed by atoms with Gasteiger partial charge < -0.3 is 20.6 Å². The molecule has 3 aromatic heterocycles. The summed E-state index contributed by atoms with van der Waals surface area (Å²) in [5.74, 6) is 1.58. The monoisotopic (exact) mass is 483 g/mol. The molecule has 9 heteroatoms. The molecular weight excluding hydrogens is 454 g/mol. The summed E-state index contributed by atoms with van der Waals surface area (Å²) in [6.45, 7) is 1.79. The number of carbonyl (C=O) groups is 1. The van der Waals surface area contributed by atoms with E-state index in [0.29, 0.717) is 28.5 Å². The van der Waals surface area contributed by atoms with Crippen LogP contribution in [0.15, 0.2) is 42.9 Å². The lowest BCUT2D eigenvalue weighted by atomic mass is 9.78. The number of nitrogens with one attached hydrogen (secondary N) is 1. The fraction of sp³-hybridized carbons (Fsp3) is 0.370. The third-order valence-corrected chi connectivity index (χ3v) is 7.75. The van der Waals surface area contributed by atoms with Crippen molar-refractivity contribution in [3.8, 4) is 17.3 Å². The Balaban J connectivity index is 1.38. The van der Waals surface area contributed by atoms with Crippen molar-refractivity contribution >= 4 is 23.2 Å². The smallest absolute Gasteiger partial charge is 0.240 e. The van der Waals surface area contributed by atoms with Gasteiger partial charge in [-0.3, -0.25) is 4.79 Å². The quantitative estimate of drug-likeness (QED) is 0.387. The Hall–Kier alpha value is -4.01. The van der Waals surface area contributed by atoms with E-state index in [0.717, 1.165) is 30.1 Å². The number of aromatic nitrogens is 5. The number of hydrogen-bond acceptors (Lipinski definition) is 7. The average molecular weight is 484 g/mol. The van der Waals surface area contributed by atoms with Gasteiger partial charge in [0, 0.05) is 18.6 Å². The summed E-state index contributed by atoms with van der Waals surface area (Å²) in [5, 5.41) is 12.6. The molecule has 6 rings (SSSR count). The predicted octanol–water partition coefficient (Wildman–Crippen LogP) is 4.25. The van der Waals surface area contributed by atoms with Gasteiger partial charge in [0.25, 0.3) is 0 Å². The van der Waals surface area contributed by atoms with Crippen LogP contribution in [0.4, 0.5) is 11.6 Å². The number of fused-ring (bicyclic) bond motifs is 2. The van der Waals surface area contributed by atoms with Gasteiger partial charge in [-0.1, -0.05) is 44.2 Å². The van der Waals surface area contributed by atoms with Crippen LogP contribution in [0.3, 0.4) is 0 Å². The van der Waals surface area contributed by atoms with E-state index in [1.807, 2.05) is 16.8 Å². The summed E-state index contributed by atoms with van der Waals surface area (Å²) in [4.78, 5) is 31.9. The number of nitrogens with zero attached hydrogens (tertiary/aromatic N) is 5. The van der Waals surface area contributed by atoms with Crippen LogP contribution in [-0.4, -0.2) is 35.4 Å². The summed E-state index contributed by atoms with van der Waals surface area (Å²) < 4.78 is 1.95. The van der Waals surface area contributed by atoms with Crippen molar-refractivity contribution in [2.45, 2.75) is 57.3 Å². The Morgan fingerprint density at radius 2 is 1.92 bits per heavy atom. The maximum absolute atomic E-state index is 13.1. The molecule has 36 heavy (non-hydrogen) atoms. The molecule has 1 atom stereocenters. The lowest BCUT2D eigenvalue weighted by molar-refractivity contribution is -0.119. The number of nitrogens with two attached hydrogens (primary N) is 1. The van der Waals surface area contributed by atoms with Crippen LogP contribution in [0, 0.1) is 5.92 Å². The molecule has 1 aliphatic heterocycles. The molecule has 4 aromatic rings. The van der Waals surface area contributed by atoms with E-state index in [1.165, 1.54) is 32.1 Å². The molecule has 9 nitrogen and oxygen atoms in total. The number of phenolic OH excluding ortho intramolecular Hbond substituents is 1. The topological polar surface area (TPSA) is 131 Å². The molecule has 4 N–H and O–H groups in total. The van der Waals surface area contributed by atoms with E-state index in [2.05, 4.69) is 20.3 Å². The molecule has 0 unspecified atom stereocenters. The Bertz CT molecular complexity index is 1460. The molecule has 1 fully saturated rings. The van der Waals surface area contributed by atoms with Gasteiger partial charge in [0.05, 0.1) is 11.3 Å². The number of amides is 1. The Labute approximate surface area is 208 Å². The number of carbonyl (C=O) groups excluding carboxylic acids is 1. The zero-order valence-corrected chi connectivity index (χ0v) is 20.2. The van der Waals surface area contributed by atoms with Gasteiger partial charge in [0.2, 0.25) is 5.91 Å². The highest BCUT2D eigenvalue weighted by molar-refractivity contribution is 6.09. The molecule has 1 aromatic carbocycles. The number of nitrogen functional groups attached to an aromatic ring is 1. The van der Waals surface area contributed by atoms with E-state index in [4.69, 9.17) is 10.7 Å². The van der Waals surface area contributed by atoms with E-state index >= 15 is 0 Å². The molecule has 184 valence electrons. The van der Waals surface area contributed by atoms with Crippen molar-refractivity contribution in [1.82, 2.24) is 24.3 Å². The van der Waals surface area contributed by atoms with E-state index in [1.54, 1.807) is 37.4 Å². The summed E-state index contributed by atoms with van der Waals surface area (Å²) >= 11 is 0. The van der Waals surface area contributed by atoms with E-state index < -0.39 is 5.41 Å². The normalized spacial score (nSPS) is 20.0. The molecule has 0 bridgehead atoms. The standard InChI is InChI=1S/C27H29N7O2/c1-27(17-8-10-18(35)11-9-17)21-22(28)31-23(32-24(21)33-26(27)36)20-15-34-14-13-29-25(34)19(30-20)12-7-16-5-3-2-4-6-16/h8-11,13-16,35H,2-7,12H2,1H3,(H3,28,31,32,33,36)/t27-/m1/s1. The maximum Gasteiger partial charge on any atom is 0.240 e. The van der Waals surface area contributed by atoms with Crippen molar-refractivity contribution in [1.29, 1.82) is 0 Å².